The molecule has 0 aliphatic carbocycles. The third kappa shape index (κ3) is 4.21. The molecule has 59 heavy (non-hydrogen) atoms. The highest BCUT2D eigenvalue weighted by molar-refractivity contribution is 7.26. The molecule has 0 saturated heterocycles. The maximum Gasteiger partial charge on any atom is 0.135 e. The molecular weight excluding hydrogens is 739 g/mol. The van der Waals surface area contributed by atoms with Crippen LogP contribution < -0.4 is 0 Å². The van der Waals surface area contributed by atoms with Crippen molar-refractivity contribution in [1.29, 1.82) is 0 Å². The maximum absolute atomic E-state index is 6.50. The van der Waals surface area contributed by atoms with Crippen LogP contribution in [0.4, 0.5) is 0 Å². The molecule has 14 aromatic rings. The Morgan fingerprint density at radius 2 is 0.712 bits per heavy atom. The van der Waals surface area contributed by atoms with Crippen molar-refractivity contribution in [2.45, 2.75) is 0 Å². The molecule has 0 saturated carbocycles. The predicted octanol–water partition coefficient (Wildman–Crippen LogP) is 15.2. The first-order valence-corrected chi connectivity index (χ1v) is 20.9. The van der Waals surface area contributed by atoms with Gasteiger partial charge in [0.15, 0.2) is 0 Å². The smallest absolute Gasteiger partial charge is 0.135 e. The number of fused-ring (bicyclic) bond motifs is 16. The highest BCUT2D eigenvalue weighted by Crippen LogP contribution is 2.45. The van der Waals surface area contributed by atoms with E-state index in [1.165, 1.54) is 91.3 Å². The van der Waals surface area contributed by atoms with Crippen molar-refractivity contribution in [3.8, 4) is 17.1 Å². The Bertz CT molecular complexity index is 3990. The zero-order valence-electron chi connectivity index (χ0n) is 31.6. The zero-order valence-corrected chi connectivity index (χ0v) is 32.4. The van der Waals surface area contributed by atoms with Gasteiger partial charge in [0.25, 0.3) is 0 Å². The standard InChI is InChI=1S/C54H31N3OS/c1-6-16-44-35(11-1)36-12-2-7-17-45(36)55(44)32-21-26-50-41(29-32)42-30-33(22-27-51(42)58-50)57-48-20-10-5-15-40(48)53-49(57)25-24-39-43-31-34(23-28-52(43)59-54(39)53)56-46-18-8-3-13-37(46)38-14-4-9-19-47(38)56/h1-31H. The summed E-state index contributed by atoms with van der Waals surface area (Å²) in [5.74, 6) is 0. The summed E-state index contributed by atoms with van der Waals surface area (Å²) in [6.07, 6.45) is 0. The Hall–Kier alpha value is -7.60. The van der Waals surface area contributed by atoms with E-state index < -0.39 is 0 Å². The summed E-state index contributed by atoms with van der Waals surface area (Å²) in [5.41, 5.74) is 12.4. The lowest BCUT2D eigenvalue weighted by molar-refractivity contribution is 0.669. The molecule has 5 aromatic heterocycles. The van der Waals surface area contributed by atoms with Gasteiger partial charge in [-0.2, -0.15) is 0 Å². The van der Waals surface area contributed by atoms with E-state index in [0.29, 0.717) is 0 Å². The Morgan fingerprint density at radius 1 is 0.305 bits per heavy atom. The normalized spacial score (nSPS) is 12.4. The SMILES string of the molecule is c1ccc2c(c1)c1ccccc1n2-c1ccc2oc3ccc(-n4c5ccccc5c5c6sc7ccc(-n8c9ccccc9c9ccccc98)cc7c6ccc54)cc3c2c1. The summed E-state index contributed by atoms with van der Waals surface area (Å²) in [4.78, 5) is 0. The number of rotatable bonds is 3. The molecule has 9 aromatic carbocycles. The molecule has 0 radical (unpaired) electrons. The van der Waals surface area contributed by atoms with Gasteiger partial charge in [-0.3, -0.25) is 0 Å². The highest BCUT2D eigenvalue weighted by Gasteiger charge is 2.20. The fourth-order valence-corrected chi connectivity index (χ4v) is 11.4. The molecule has 0 unspecified atom stereocenters. The van der Waals surface area contributed by atoms with Crippen LogP contribution in [0.15, 0.2) is 192 Å². The number of hydrogen-bond donors (Lipinski definition) is 0. The van der Waals surface area contributed by atoms with Gasteiger partial charge in [-0.1, -0.05) is 97.1 Å². The van der Waals surface area contributed by atoms with Crippen LogP contribution in [-0.2, 0) is 0 Å². The molecule has 0 fully saturated rings. The third-order valence-electron chi connectivity index (χ3n) is 12.6. The molecule has 4 nitrogen and oxygen atoms in total. The van der Waals surface area contributed by atoms with E-state index in [1.54, 1.807) is 0 Å². The van der Waals surface area contributed by atoms with Crippen LogP contribution >= 0.6 is 11.3 Å². The lowest BCUT2D eigenvalue weighted by atomic mass is 10.1. The van der Waals surface area contributed by atoms with Gasteiger partial charge in [0.1, 0.15) is 11.2 Å². The number of hydrogen-bond acceptors (Lipinski definition) is 2. The molecule has 0 atom stereocenters. The van der Waals surface area contributed by atoms with E-state index in [9.17, 15) is 0 Å². The number of aromatic nitrogens is 3. The van der Waals surface area contributed by atoms with Crippen LogP contribution in [-0.4, -0.2) is 13.7 Å². The van der Waals surface area contributed by atoms with Gasteiger partial charge in [0, 0.05) is 80.3 Å². The largest absolute Gasteiger partial charge is 0.456 e. The topological polar surface area (TPSA) is 27.9 Å². The molecule has 0 aliphatic rings. The minimum absolute atomic E-state index is 0.884. The minimum atomic E-state index is 0.884. The quantitative estimate of drug-likeness (QED) is 0.176. The van der Waals surface area contributed by atoms with Crippen molar-refractivity contribution >= 4 is 119 Å². The Morgan fingerprint density at radius 3 is 1.22 bits per heavy atom. The Kier molecular flexibility index (Phi) is 6.14. The number of benzene rings is 9. The number of nitrogens with zero attached hydrogens (tertiary/aromatic N) is 3. The van der Waals surface area contributed by atoms with Crippen molar-refractivity contribution in [3.05, 3.63) is 188 Å². The molecule has 274 valence electrons. The van der Waals surface area contributed by atoms with Crippen molar-refractivity contribution in [3.63, 3.8) is 0 Å². The van der Waals surface area contributed by atoms with Gasteiger partial charge >= 0.3 is 0 Å². The number of para-hydroxylation sites is 5. The third-order valence-corrected chi connectivity index (χ3v) is 13.8. The fraction of sp³-hybridized carbons (Fsp3) is 0. The maximum atomic E-state index is 6.50. The second-order valence-electron chi connectivity index (χ2n) is 15.7. The zero-order chi connectivity index (χ0) is 38.3. The van der Waals surface area contributed by atoms with Crippen LogP contribution in [0.1, 0.15) is 0 Å². The van der Waals surface area contributed by atoms with Crippen LogP contribution in [0.2, 0.25) is 0 Å². The Balaban J connectivity index is 0.972. The van der Waals surface area contributed by atoms with Crippen molar-refractivity contribution in [2.75, 3.05) is 0 Å². The van der Waals surface area contributed by atoms with Crippen LogP contribution in [0.25, 0.3) is 125 Å². The molecule has 0 N–H and O–H groups in total. The van der Waals surface area contributed by atoms with Gasteiger partial charge in [0.2, 0.25) is 0 Å². The first-order valence-electron chi connectivity index (χ1n) is 20.1. The van der Waals surface area contributed by atoms with E-state index in [2.05, 4.69) is 202 Å². The summed E-state index contributed by atoms with van der Waals surface area (Å²) in [5, 5.41) is 12.4. The van der Waals surface area contributed by atoms with Gasteiger partial charge in [-0.15, -0.1) is 11.3 Å². The molecule has 14 rings (SSSR count). The van der Waals surface area contributed by atoms with Gasteiger partial charge < -0.3 is 18.1 Å². The van der Waals surface area contributed by atoms with E-state index in [-0.39, 0.29) is 0 Å². The van der Waals surface area contributed by atoms with Gasteiger partial charge in [-0.25, -0.2) is 0 Å². The van der Waals surface area contributed by atoms with Crippen molar-refractivity contribution < 1.29 is 4.42 Å². The van der Waals surface area contributed by atoms with Crippen LogP contribution in [0, 0.1) is 0 Å². The summed E-state index contributed by atoms with van der Waals surface area (Å²) in [6, 6.07) is 68.6. The summed E-state index contributed by atoms with van der Waals surface area (Å²) in [7, 11) is 0. The molecule has 5 heteroatoms. The highest BCUT2D eigenvalue weighted by atomic mass is 32.1. The lowest BCUT2D eigenvalue weighted by Crippen LogP contribution is -1.94. The first-order chi connectivity index (χ1) is 29.3. The summed E-state index contributed by atoms with van der Waals surface area (Å²) in [6.45, 7) is 0. The van der Waals surface area contributed by atoms with E-state index in [1.807, 2.05) is 11.3 Å². The molecule has 0 amide bonds. The van der Waals surface area contributed by atoms with Crippen molar-refractivity contribution in [1.82, 2.24) is 13.7 Å². The average molecular weight is 770 g/mol. The molecule has 0 spiro atoms. The van der Waals surface area contributed by atoms with E-state index in [0.717, 1.165) is 33.3 Å². The monoisotopic (exact) mass is 769 g/mol. The van der Waals surface area contributed by atoms with E-state index in [4.69, 9.17) is 4.42 Å². The number of furan rings is 1. The second kappa shape index (κ2) is 11.5. The van der Waals surface area contributed by atoms with Gasteiger partial charge in [0.05, 0.1) is 33.1 Å². The van der Waals surface area contributed by atoms with Gasteiger partial charge in [-0.05, 0) is 91.0 Å². The number of thiophene rings is 1. The summed E-state index contributed by atoms with van der Waals surface area (Å²) < 4.78 is 16.3. The molecule has 5 heterocycles. The Labute approximate surface area is 340 Å². The molecule has 0 aliphatic heterocycles. The summed E-state index contributed by atoms with van der Waals surface area (Å²) >= 11 is 1.90. The van der Waals surface area contributed by atoms with Crippen LogP contribution in [0.5, 0.6) is 0 Å². The van der Waals surface area contributed by atoms with E-state index >= 15 is 0 Å². The second-order valence-corrected chi connectivity index (χ2v) is 16.7. The minimum Gasteiger partial charge on any atom is -0.456 e. The average Bonchev–Trinajstić information content (AvgIpc) is 4.09. The fourth-order valence-electron chi connectivity index (χ4n) is 10.1. The first kappa shape index (κ1) is 31.5. The lowest BCUT2D eigenvalue weighted by Gasteiger charge is -2.09. The molecule has 0 bridgehead atoms. The van der Waals surface area contributed by atoms with Crippen LogP contribution in [0.3, 0.4) is 0 Å². The predicted molar refractivity (Wildman–Crippen MR) is 250 cm³/mol. The molecular formula is C54H31N3OS. The van der Waals surface area contributed by atoms with Crippen molar-refractivity contribution in [2.24, 2.45) is 0 Å².